The van der Waals surface area contributed by atoms with Crippen molar-refractivity contribution in [2.75, 3.05) is 14.1 Å². The predicted molar refractivity (Wildman–Crippen MR) is 148 cm³/mol. The molecule has 42 heavy (non-hydrogen) atoms. The van der Waals surface area contributed by atoms with Crippen molar-refractivity contribution in [1.82, 2.24) is 10.2 Å². The number of nitrogens with one attached hydrogen (secondary N) is 1. The highest BCUT2D eigenvalue weighted by atomic mass is 16.4. The molecule has 2 aromatic rings. The molecule has 220 valence electrons. The molecular formula is C30H31N3O9. The van der Waals surface area contributed by atoms with Crippen LogP contribution in [0.2, 0.25) is 0 Å². The van der Waals surface area contributed by atoms with Gasteiger partial charge in [-0.15, -0.1) is 0 Å². The monoisotopic (exact) mass is 577 g/mol. The molecular weight excluding hydrogens is 546 g/mol. The fourth-order valence-corrected chi connectivity index (χ4v) is 6.67. The predicted octanol–water partition coefficient (Wildman–Crippen LogP) is 0.426. The molecule has 0 aliphatic heterocycles. The van der Waals surface area contributed by atoms with Gasteiger partial charge < -0.3 is 36.6 Å². The van der Waals surface area contributed by atoms with Crippen LogP contribution in [0.15, 0.2) is 59.4 Å². The molecule has 2 amide bonds. The van der Waals surface area contributed by atoms with Crippen molar-refractivity contribution in [3.05, 3.63) is 81.6 Å². The van der Waals surface area contributed by atoms with Crippen LogP contribution in [0.25, 0.3) is 5.76 Å². The molecule has 1 fully saturated rings. The van der Waals surface area contributed by atoms with Gasteiger partial charge in [-0.1, -0.05) is 37.3 Å². The Morgan fingerprint density at radius 2 is 1.69 bits per heavy atom. The number of nitrogens with zero attached hydrogens (tertiary/aromatic N) is 1. The summed E-state index contributed by atoms with van der Waals surface area (Å²) < 4.78 is 0. The van der Waals surface area contributed by atoms with Crippen LogP contribution in [0.4, 0.5) is 0 Å². The molecule has 0 bridgehead atoms. The van der Waals surface area contributed by atoms with E-state index in [0.717, 1.165) is 0 Å². The molecule has 0 heterocycles. The second-order valence-electron chi connectivity index (χ2n) is 11.1. The molecule has 3 aliphatic rings. The van der Waals surface area contributed by atoms with Gasteiger partial charge in [0.2, 0.25) is 5.78 Å². The Hall–Kier alpha value is -4.52. The molecule has 2 aromatic carbocycles. The molecule has 5 rings (SSSR count). The Morgan fingerprint density at radius 3 is 2.29 bits per heavy atom. The molecule has 0 aromatic heterocycles. The summed E-state index contributed by atoms with van der Waals surface area (Å²) in [6.07, 6.45) is -1.67. The number of carbonyl (C=O) groups is 4. The molecule has 6 atom stereocenters. The second kappa shape index (κ2) is 10.1. The van der Waals surface area contributed by atoms with Crippen LogP contribution >= 0.6 is 0 Å². The SMILES string of the molecule is C[C@H]1c2ccc(CNC(=O)c3ccccc3)c(O)c2C(O)=C2C(=O)[C@]3(O)C(O)=C(C(N)=O)C(=O)C(N(C)C)C3[C@@H](O)C21. The van der Waals surface area contributed by atoms with E-state index >= 15 is 0 Å². The van der Waals surface area contributed by atoms with E-state index < -0.39 is 87.3 Å². The van der Waals surface area contributed by atoms with Crippen molar-refractivity contribution in [3.63, 3.8) is 0 Å². The van der Waals surface area contributed by atoms with Gasteiger partial charge in [0.1, 0.15) is 22.8 Å². The number of phenolic OH excluding ortho intramolecular Hbond substituents is 1. The van der Waals surface area contributed by atoms with Crippen molar-refractivity contribution < 1.29 is 44.7 Å². The van der Waals surface area contributed by atoms with Crippen LogP contribution in [-0.4, -0.2) is 85.7 Å². The fourth-order valence-electron chi connectivity index (χ4n) is 6.67. The van der Waals surface area contributed by atoms with Crippen molar-refractivity contribution in [2.45, 2.75) is 37.1 Å². The number of hydrogen-bond acceptors (Lipinski definition) is 10. The molecule has 0 radical (unpaired) electrons. The number of carbonyl (C=O) groups excluding carboxylic acids is 4. The van der Waals surface area contributed by atoms with Crippen LogP contribution in [0.3, 0.4) is 0 Å². The van der Waals surface area contributed by atoms with E-state index in [-0.39, 0.29) is 17.7 Å². The number of fused-ring (bicyclic) bond motifs is 3. The average Bonchev–Trinajstić information content (AvgIpc) is 2.94. The minimum atomic E-state index is -2.99. The third kappa shape index (κ3) is 3.94. The lowest BCUT2D eigenvalue weighted by Gasteiger charge is -2.53. The van der Waals surface area contributed by atoms with Gasteiger partial charge in [-0.2, -0.15) is 0 Å². The van der Waals surface area contributed by atoms with Crippen LogP contribution in [-0.2, 0) is 20.9 Å². The zero-order valence-electron chi connectivity index (χ0n) is 23.0. The molecule has 0 saturated heterocycles. The minimum Gasteiger partial charge on any atom is -0.508 e. The van der Waals surface area contributed by atoms with Crippen molar-refractivity contribution in [3.8, 4) is 5.75 Å². The van der Waals surface area contributed by atoms with Crippen LogP contribution in [0.1, 0.15) is 39.9 Å². The van der Waals surface area contributed by atoms with Gasteiger partial charge in [-0.25, -0.2) is 0 Å². The number of amides is 2. The largest absolute Gasteiger partial charge is 0.508 e. The first-order valence-electron chi connectivity index (χ1n) is 13.3. The molecule has 8 N–H and O–H groups in total. The maximum atomic E-state index is 14.1. The van der Waals surface area contributed by atoms with E-state index in [4.69, 9.17) is 5.73 Å². The molecule has 1 saturated carbocycles. The minimum absolute atomic E-state index is 0.131. The summed E-state index contributed by atoms with van der Waals surface area (Å²) in [4.78, 5) is 53.3. The summed E-state index contributed by atoms with van der Waals surface area (Å²) in [5.74, 6) is -9.97. The highest BCUT2D eigenvalue weighted by Crippen LogP contribution is 2.56. The summed E-state index contributed by atoms with van der Waals surface area (Å²) in [7, 11) is 2.89. The lowest BCUT2D eigenvalue weighted by Crippen LogP contribution is -2.70. The number of phenols is 1. The van der Waals surface area contributed by atoms with Crippen LogP contribution in [0.5, 0.6) is 5.75 Å². The number of ketones is 2. The van der Waals surface area contributed by atoms with Crippen LogP contribution in [0, 0.1) is 11.8 Å². The molecule has 0 spiro atoms. The number of Topliss-reactive ketones (excluding diaryl/α,β-unsaturated/α-hetero) is 2. The molecule has 12 heteroatoms. The first-order valence-corrected chi connectivity index (χ1v) is 13.3. The van der Waals surface area contributed by atoms with Crippen molar-refractivity contribution >= 4 is 29.1 Å². The quantitative estimate of drug-likeness (QED) is 0.244. The number of benzene rings is 2. The molecule has 3 unspecified atom stereocenters. The maximum absolute atomic E-state index is 14.1. The topological polar surface area (TPSA) is 211 Å². The Kier molecular flexibility index (Phi) is 6.96. The van der Waals surface area contributed by atoms with Gasteiger partial charge >= 0.3 is 0 Å². The van der Waals surface area contributed by atoms with Crippen molar-refractivity contribution in [2.24, 2.45) is 17.6 Å². The van der Waals surface area contributed by atoms with Gasteiger partial charge in [0.15, 0.2) is 11.4 Å². The lowest BCUT2D eigenvalue weighted by atomic mass is 9.54. The van der Waals surface area contributed by atoms with E-state index in [1.807, 2.05) is 0 Å². The highest BCUT2D eigenvalue weighted by Gasteiger charge is 2.68. The average molecular weight is 578 g/mol. The van der Waals surface area contributed by atoms with Crippen LogP contribution < -0.4 is 11.1 Å². The molecule has 12 nitrogen and oxygen atoms in total. The van der Waals surface area contributed by atoms with Gasteiger partial charge in [0.05, 0.1) is 23.6 Å². The smallest absolute Gasteiger partial charge is 0.255 e. The summed E-state index contributed by atoms with van der Waals surface area (Å²) in [5, 5.41) is 59.7. The summed E-state index contributed by atoms with van der Waals surface area (Å²) in [6, 6.07) is 10.1. The standard InChI is InChI=1S/C30H31N3O9/c1-12-15-10-9-14(11-32-29(41)13-7-5-4-6-8-13)22(34)17(15)23(35)18-16(12)24(36)20-21(33(2)3)25(37)19(28(31)40)27(39)30(20,42)26(18)38/h4-10,12,16,20-21,24,34-36,39,42H,11H2,1-3H3,(H2,31,40)(H,32,41)/t12-,16?,20?,21?,24-,30-/m0/s1. The molecule has 3 aliphatic carbocycles. The number of rotatable bonds is 5. The van der Waals surface area contributed by atoms with Crippen molar-refractivity contribution in [1.29, 1.82) is 0 Å². The number of nitrogens with two attached hydrogens (primary N) is 1. The van der Waals surface area contributed by atoms with Gasteiger partial charge in [-0.3, -0.25) is 24.1 Å². The third-order valence-corrected chi connectivity index (χ3v) is 8.69. The Balaban J connectivity index is 1.63. The number of hydrogen-bond donors (Lipinski definition) is 7. The Morgan fingerprint density at radius 1 is 1.05 bits per heavy atom. The maximum Gasteiger partial charge on any atom is 0.255 e. The summed E-state index contributed by atoms with van der Waals surface area (Å²) >= 11 is 0. The summed E-state index contributed by atoms with van der Waals surface area (Å²) in [6.45, 7) is 1.51. The summed E-state index contributed by atoms with van der Waals surface area (Å²) in [5.41, 5.74) is 1.73. The first kappa shape index (κ1) is 29.0. The fraction of sp³-hybridized carbons (Fsp3) is 0.333. The lowest BCUT2D eigenvalue weighted by molar-refractivity contribution is -0.169. The number of aromatic hydroxyl groups is 1. The normalized spacial score (nSPS) is 28.8. The van der Waals surface area contributed by atoms with Gasteiger partial charge in [-0.05, 0) is 37.7 Å². The number of likely N-dealkylation sites (N-methyl/N-ethyl adjacent to an activating group) is 1. The van der Waals surface area contributed by atoms with Gasteiger partial charge in [0.25, 0.3) is 11.8 Å². The van der Waals surface area contributed by atoms with Gasteiger partial charge in [0, 0.05) is 29.2 Å². The number of aliphatic hydroxyl groups is 4. The number of primary amides is 1. The van der Waals surface area contributed by atoms with E-state index in [9.17, 15) is 44.7 Å². The highest BCUT2D eigenvalue weighted by molar-refractivity contribution is 6.24. The van der Waals surface area contributed by atoms with E-state index in [0.29, 0.717) is 11.1 Å². The second-order valence-corrected chi connectivity index (χ2v) is 11.1. The van der Waals surface area contributed by atoms with E-state index in [1.54, 1.807) is 49.4 Å². The Bertz CT molecular complexity index is 1600. The zero-order valence-corrected chi connectivity index (χ0v) is 23.0. The van der Waals surface area contributed by atoms with E-state index in [2.05, 4.69) is 5.32 Å². The first-order chi connectivity index (χ1) is 19.7. The zero-order chi connectivity index (χ0) is 30.8. The third-order valence-electron chi connectivity index (χ3n) is 8.69. The Labute approximate surface area is 240 Å². The van der Waals surface area contributed by atoms with E-state index in [1.165, 1.54) is 19.0 Å². The number of aliphatic hydroxyl groups excluding tert-OH is 3.